The highest BCUT2D eigenvalue weighted by Crippen LogP contribution is 2.27. The number of aryl methyl sites for hydroxylation is 2. The lowest BCUT2D eigenvalue weighted by molar-refractivity contribution is -0.122. The van der Waals surface area contributed by atoms with Crippen molar-refractivity contribution in [2.24, 2.45) is 0 Å². The molecule has 0 saturated heterocycles. The first-order valence-corrected chi connectivity index (χ1v) is 10.4. The Morgan fingerprint density at radius 1 is 1.07 bits per heavy atom. The highest BCUT2D eigenvalue weighted by molar-refractivity contribution is 6.30. The Labute approximate surface area is 177 Å². The third kappa shape index (κ3) is 6.87. The minimum absolute atomic E-state index is 0.0134. The van der Waals surface area contributed by atoms with Crippen molar-refractivity contribution in [3.8, 4) is 0 Å². The molecule has 0 aliphatic heterocycles. The third-order valence-electron chi connectivity index (χ3n) is 5.11. The molecular formula is C23H28ClN3O2. The van der Waals surface area contributed by atoms with E-state index in [1.54, 1.807) is 0 Å². The molecule has 2 aromatic carbocycles. The van der Waals surface area contributed by atoms with Crippen molar-refractivity contribution >= 4 is 29.1 Å². The van der Waals surface area contributed by atoms with Crippen LogP contribution in [0.3, 0.4) is 0 Å². The second-order valence-electron chi connectivity index (χ2n) is 7.72. The predicted octanol–water partition coefficient (Wildman–Crippen LogP) is 4.07. The normalized spacial score (nSPS) is 13.4. The Morgan fingerprint density at radius 3 is 2.48 bits per heavy atom. The van der Waals surface area contributed by atoms with Crippen molar-refractivity contribution in [3.05, 3.63) is 64.2 Å². The van der Waals surface area contributed by atoms with E-state index in [1.165, 1.54) is 0 Å². The topological polar surface area (TPSA) is 61.4 Å². The van der Waals surface area contributed by atoms with Gasteiger partial charge in [0, 0.05) is 36.3 Å². The van der Waals surface area contributed by atoms with E-state index in [9.17, 15) is 9.59 Å². The van der Waals surface area contributed by atoms with Crippen LogP contribution in [0.5, 0.6) is 0 Å². The largest absolute Gasteiger partial charge is 0.352 e. The summed E-state index contributed by atoms with van der Waals surface area (Å²) < 4.78 is 0. The van der Waals surface area contributed by atoms with Gasteiger partial charge >= 0.3 is 0 Å². The van der Waals surface area contributed by atoms with Crippen molar-refractivity contribution in [3.63, 3.8) is 0 Å². The lowest BCUT2D eigenvalue weighted by Gasteiger charge is -2.21. The molecular weight excluding hydrogens is 386 g/mol. The molecule has 0 radical (unpaired) electrons. The number of halogens is 1. The number of hydrogen-bond acceptors (Lipinski definition) is 3. The van der Waals surface area contributed by atoms with Crippen LogP contribution in [-0.2, 0) is 16.1 Å². The summed E-state index contributed by atoms with van der Waals surface area (Å²) in [5.74, 6) is -0.0484. The van der Waals surface area contributed by atoms with Crippen LogP contribution in [0, 0.1) is 13.8 Å². The summed E-state index contributed by atoms with van der Waals surface area (Å²) in [7, 11) is 0. The van der Waals surface area contributed by atoms with Gasteiger partial charge in [0.15, 0.2) is 0 Å². The van der Waals surface area contributed by atoms with Gasteiger partial charge in [0.05, 0.1) is 6.54 Å². The number of hydrogen-bond donors (Lipinski definition) is 2. The minimum Gasteiger partial charge on any atom is -0.352 e. The van der Waals surface area contributed by atoms with Gasteiger partial charge in [0.1, 0.15) is 0 Å². The van der Waals surface area contributed by atoms with E-state index < -0.39 is 0 Å². The molecule has 2 amide bonds. The van der Waals surface area contributed by atoms with Crippen molar-refractivity contribution in [1.82, 2.24) is 10.2 Å². The zero-order valence-corrected chi connectivity index (χ0v) is 17.8. The number of amides is 2. The van der Waals surface area contributed by atoms with Crippen molar-refractivity contribution in [2.75, 3.05) is 18.4 Å². The van der Waals surface area contributed by atoms with Gasteiger partial charge in [-0.25, -0.2) is 0 Å². The highest BCUT2D eigenvalue weighted by atomic mass is 35.5. The summed E-state index contributed by atoms with van der Waals surface area (Å²) in [5, 5.41) is 6.62. The molecule has 0 unspecified atom stereocenters. The van der Waals surface area contributed by atoms with E-state index in [4.69, 9.17) is 11.6 Å². The molecule has 0 atom stereocenters. The molecule has 1 aliphatic rings. The van der Waals surface area contributed by atoms with Crippen molar-refractivity contribution in [2.45, 2.75) is 45.7 Å². The van der Waals surface area contributed by atoms with Gasteiger partial charge in [-0.15, -0.1) is 0 Å². The molecule has 0 spiro atoms. The third-order valence-corrected chi connectivity index (χ3v) is 5.36. The second-order valence-corrected chi connectivity index (χ2v) is 8.16. The van der Waals surface area contributed by atoms with E-state index in [0.717, 1.165) is 35.2 Å². The average Bonchev–Trinajstić information content (AvgIpc) is 3.53. The summed E-state index contributed by atoms with van der Waals surface area (Å²) in [5.41, 5.74) is 4.02. The van der Waals surface area contributed by atoms with Gasteiger partial charge < -0.3 is 10.6 Å². The van der Waals surface area contributed by atoms with E-state index in [0.29, 0.717) is 37.1 Å². The average molecular weight is 414 g/mol. The Hall–Kier alpha value is -2.37. The van der Waals surface area contributed by atoms with E-state index in [1.807, 2.05) is 56.3 Å². The van der Waals surface area contributed by atoms with E-state index >= 15 is 0 Å². The van der Waals surface area contributed by atoms with E-state index in [2.05, 4.69) is 15.5 Å². The highest BCUT2D eigenvalue weighted by Gasteiger charge is 2.30. The molecule has 3 rings (SSSR count). The maximum Gasteiger partial charge on any atom is 0.238 e. The van der Waals surface area contributed by atoms with Crippen LogP contribution in [0.1, 0.15) is 36.0 Å². The van der Waals surface area contributed by atoms with Crippen molar-refractivity contribution < 1.29 is 9.59 Å². The van der Waals surface area contributed by atoms with Crippen LogP contribution in [-0.4, -0.2) is 35.8 Å². The molecule has 2 N–H and O–H groups in total. The lowest BCUT2D eigenvalue weighted by atomic mass is 10.1. The first-order chi connectivity index (χ1) is 13.9. The van der Waals surface area contributed by atoms with Crippen LogP contribution in [0.2, 0.25) is 5.02 Å². The Kier molecular flexibility index (Phi) is 7.29. The van der Waals surface area contributed by atoms with E-state index in [-0.39, 0.29) is 11.8 Å². The zero-order valence-electron chi connectivity index (χ0n) is 17.0. The van der Waals surface area contributed by atoms with Gasteiger partial charge in [0.2, 0.25) is 11.8 Å². The fourth-order valence-corrected chi connectivity index (χ4v) is 3.34. The van der Waals surface area contributed by atoms with Crippen LogP contribution >= 0.6 is 11.6 Å². The predicted molar refractivity (Wildman–Crippen MR) is 117 cm³/mol. The fraction of sp³-hybridized carbons (Fsp3) is 0.391. The molecule has 0 aromatic heterocycles. The molecule has 6 heteroatoms. The Morgan fingerprint density at radius 2 is 1.79 bits per heavy atom. The number of carbonyl (C=O) groups excluding carboxylic acids is 2. The smallest absolute Gasteiger partial charge is 0.238 e. The number of benzene rings is 2. The molecule has 0 bridgehead atoms. The van der Waals surface area contributed by atoms with Crippen LogP contribution < -0.4 is 10.6 Å². The summed E-state index contributed by atoms with van der Waals surface area (Å²) >= 11 is 5.88. The molecule has 2 aromatic rings. The van der Waals surface area contributed by atoms with Crippen LogP contribution in [0.15, 0.2) is 42.5 Å². The van der Waals surface area contributed by atoms with Gasteiger partial charge in [-0.2, -0.15) is 0 Å². The lowest BCUT2D eigenvalue weighted by Crippen LogP contribution is -2.37. The molecule has 5 nitrogen and oxygen atoms in total. The number of nitrogens with one attached hydrogen (secondary N) is 2. The quantitative estimate of drug-likeness (QED) is 0.651. The van der Waals surface area contributed by atoms with Crippen LogP contribution in [0.4, 0.5) is 5.69 Å². The summed E-state index contributed by atoms with van der Waals surface area (Å²) in [4.78, 5) is 26.9. The van der Waals surface area contributed by atoms with Gasteiger partial charge in [-0.1, -0.05) is 35.9 Å². The summed E-state index contributed by atoms with van der Waals surface area (Å²) in [6, 6.07) is 13.9. The first-order valence-electron chi connectivity index (χ1n) is 10.0. The maximum atomic E-state index is 12.5. The standard InChI is InChI=1S/C23H28ClN3O2/c1-16-3-4-17(2)21(13-16)26-23(29)15-27(20-9-10-20)12-11-22(28)25-14-18-5-7-19(24)8-6-18/h3-8,13,20H,9-12,14-15H2,1-2H3,(H,25,28)(H,26,29). The zero-order chi connectivity index (χ0) is 20.8. The van der Waals surface area contributed by atoms with Crippen molar-refractivity contribution in [1.29, 1.82) is 0 Å². The van der Waals surface area contributed by atoms with Gasteiger partial charge in [-0.3, -0.25) is 14.5 Å². The fourth-order valence-electron chi connectivity index (χ4n) is 3.21. The summed E-state index contributed by atoms with van der Waals surface area (Å²) in [6.45, 7) is 5.36. The summed E-state index contributed by atoms with van der Waals surface area (Å²) in [6.07, 6.45) is 2.55. The number of anilines is 1. The number of carbonyl (C=O) groups is 2. The monoisotopic (exact) mass is 413 g/mol. The maximum absolute atomic E-state index is 12.5. The minimum atomic E-state index is -0.0350. The Bertz CT molecular complexity index is 863. The Balaban J connectivity index is 1.46. The molecule has 1 aliphatic carbocycles. The molecule has 1 fully saturated rings. The molecule has 154 valence electrons. The van der Waals surface area contributed by atoms with Gasteiger partial charge in [0.25, 0.3) is 0 Å². The second kappa shape index (κ2) is 9.90. The number of nitrogens with zero attached hydrogens (tertiary/aromatic N) is 1. The first kappa shape index (κ1) is 21.3. The molecule has 0 heterocycles. The SMILES string of the molecule is Cc1ccc(C)c(NC(=O)CN(CCC(=O)NCc2ccc(Cl)cc2)C2CC2)c1. The molecule has 1 saturated carbocycles. The molecule has 29 heavy (non-hydrogen) atoms. The number of rotatable bonds is 9. The van der Waals surface area contributed by atoms with Crippen LogP contribution in [0.25, 0.3) is 0 Å². The van der Waals surface area contributed by atoms with Gasteiger partial charge in [-0.05, 0) is 61.6 Å².